The van der Waals surface area contributed by atoms with Crippen LogP contribution in [0.5, 0.6) is 0 Å². The van der Waals surface area contributed by atoms with Crippen LogP contribution in [0, 0.1) is 0 Å². The van der Waals surface area contributed by atoms with Gasteiger partial charge in [0.1, 0.15) is 11.1 Å². The van der Waals surface area contributed by atoms with E-state index in [0.29, 0.717) is 12.8 Å². The summed E-state index contributed by atoms with van der Waals surface area (Å²) in [6.45, 7) is 7.24. The van der Waals surface area contributed by atoms with Gasteiger partial charge in [-0.3, -0.25) is 4.79 Å². The third kappa shape index (κ3) is 3.43. The molecule has 4 heteroatoms. The van der Waals surface area contributed by atoms with Crippen LogP contribution < -0.4 is 5.32 Å². The zero-order chi connectivity index (χ0) is 15.7. The molecule has 2 rings (SSSR count). The van der Waals surface area contributed by atoms with Gasteiger partial charge in [-0.25, -0.2) is 4.79 Å². The average molecular weight is 289 g/mol. The summed E-state index contributed by atoms with van der Waals surface area (Å²) in [5, 5.41) is 2.81. The summed E-state index contributed by atoms with van der Waals surface area (Å²) < 4.78 is 5.29. The molecule has 114 valence electrons. The highest BCUT2D eigenvalue weighted by Gasteiger charge is 2.60. The molecule has 1 amide bonds. The maximum atomic E-state index is 12.3. The van der Waals surface area contributed by atoms with Gasteiger partial charge >= 0.3 is 6.09 Å². The molecule has 1 saturated carbocycles. The number of rotatable bonds is 4. The summed E-state index contributed by atoms with van der Waals surface area (Å²) in [4.78, 5) is 24.3. The second kappa shape index (κ2) is 5.51. The third-order valence-electron chi connectivity index (χ3n) is 3.71. The molecule has 1 aliphatic carbocycles. The molecule has 1 aliphatic rings. The van der Waals surface area contributed by atoms with E-state index in [0.717, 1.165) is 5.56 Å². The van der Waals surface area contributed by atoms with Crippen molar-refractivity contribution in [1.29, 1.82) is 0 Å². The van der Waals surface area contributed by atoms with Gasteiger partial charge < -0.3 is 10.1 Å². The van der Waals surface area contributed by atoms with Crippen molar-refractivity contribution in [3.05, 3.63) is 35.9 Å². The van der Waals surface area contributed by atoms with Crippen LogP contribution >= 0.6 is 0 Å². The van der Waals surface area contributed by atoms with Crippen molar-refractivity contribution in [2.75, 3.05) is 0 Å². The quantitative estimate of drug-likeness (QED) is 0.924. The van der Waals surface area contributed by atoms with E-state index in [1.54, 1.807) is 0 Å². The summed E-state index contributed by atoms with van der Waals surface area (Å²) in [7, 11) is 0. The van der Waals surface area contributed by atoms with E-state index in [-0.39, 0.29) is 11.7 Å². The number of ether oxygens (including phenoxy) is 1. The fraction of sp³-hybridized carbons (Fsp3) is 0.529. The molecule has 0 radical (unpaired) electrons. The fourth-order valence-electron chi connectivity index (χ4n) is 2.67. The third-order valence-corrected chi connectivity index (χ3v) is 3.71. The lowest BCUT2D eigenvalue weighted by molar-refractivity contribution is -0.122. The predicted molar refractivity (Wildman–Crippen MR) is 81.2 cm³/mol. The summed E-state index contributed by atoms with van der Waals surface area (Å²) in [5.74, 6) is 0.0980. The van der Waals surface area contributed by atoms with Crippen LogP contribution in [-0.4, -0.2) is 23.0 Å². The molecule has 0 bridgehead atoms. The lowest BCUT2D eigenvalue weighted by atomic mass is 10.0. The summed E-state index contributed by atoms with van der Waals surface area (Å²) >= 11 is 0. The summed E-state index contributed by atoms with van der Waals surface area (Å²) in [6, 6.07) is 9.82. The topological polar surface area (TPSA) is 55.4 Å². The molecule has 4 nitrogen and oxygen atoms in total. The molecule has 0 unspecified atom stereocenters. The molecule has 1 N–H and O–H groups in total. The highest BCUT2D eigenvalue weighted by molar-refractivity contribution is 5.96. The summed E-state index contributed by atoms with van der Waals surface area (Å²) in [5.41, 5.74) is -0.286. The molecule has 0 saturated heterocycles. The average Bonchev–Trinajstić information content (AvgIpc) is 3.12. The zero-order valence-electron chi connectivity index (χ0n) is 13.1. The standard InChI is InChI=1S/C17H23NO3/c1-5-14(19)17(18-15(20)21-16(2,3)4)11-13(17)12-9-7-6-8-10-12/h6-10,13H,5,11H2,1-4H3,(H,18,20)/t13-,17-/m1/s1. The van der Waals surface area contributed by atoms with Crippen molar-refractivity contribution in [2.45, 2.75) is 57.6 Å². The Labute approximate surface area is 125 Å². The Bertz CT molecular complexity index is 533. The number of hydrogen-bond donors (Lipinski definition) is 1. The molecule has 0 spiro atoms. The van der Waals surface area contributed by atoms with Gasteiger partial charge in [-0.15, -0.1) is 0 Å². The first-order chi connectivity index (χ1) is 9.78. The number of alkyl carbamates (subject to hydrolysis) is 1. The van der Waals surface area contributed by atoms with E-state index in [1.807, 2.05) is 58.0 Å². The molecule has 1 fully saturated rings. The molecule has 0 heterocycles. The number of Topliss-reactive ketones (excluding diaryl/α,β-unsaturated/α-hetero) is 1. The van der Waals surface area contributed by atoms with Gasteiger partial charge in [0, 0.05) is 12.3 Å². The first kappa shape index (κ1) is 15.5. The van der Waals surface area contributed by atoms with Gasteiger partial charge in [0.05, 0.1) is 0 Å². The molecule has 1 aromatic rings. The monoisotopic (exact) mass is 289 g/mol. The number of hydrogen-bond acceptors (Lipinski definition) is 3. The van der Waals surface area contributed by atoms with Gasteiger partial charge in [-0.2, -0.15) is 0 Å². The number of benzene rings is 1. The highest BCUT2D eigenvalue weighted by atomic mass is 16.6. The van der Waals surface area contributed by atoms with Crippen LogP contribution in [0.2, 0.25) is 0 Å². The number of ketones is 1. The maximum absolute atomic E-state index is 12.3. The lowest BCUT2D eigenvalue weighted by Crippen LogP contribution is -2.46. The fourth-order valence-corrected chi connectivity index (χ4v) is 2.67. The normalized spacial score (nSPS) is 24.3. The van der Waals surface area contributed by atoms with Crippen molar-refractivity contribution in [3.63, 3.8) is 0 Å². The van der Waals surface area contributed by atoms with Gasteiger partial charge in [-0.1, -0.05) is 37.3 Å². The molecule has 0 aliphatic heterocycles. The van der Waals surface area contributed by atoms with Crippen LogP contribution in [0.3, 0.4) is 0 Å². The Hall–Kier alpha value is -1.84. The molecular formula is C17H23NO3. The molecule has 21 heavy (non-hydrogen) atoms. The number of nitrogens with one attached hydrogen (secondary N) is 1. The van der Waals surface area contributed by atoms with Crippen LogP contribution in [-0.2, 0) is 9.53 Å². The minimum Gasteiger partial charge on any atom is -0.444 e. The van der Waals surface area contributed by atoms with Gasteiger partial charge in [0.15, 0.2) is 5.78 Å². The van der Waals surface area contributed by atoms with Crippen molar-refractivity contribution in [2.24, 2.45) is 0 Å². The smallest absolute Gasteiger partial charge is 0.408 e. The van der Waals surface area contributed by atoms with Crippen LogP contribution in [0.1, 0.15) is 52.0 Å². The SMILES string of the molecule is CCC(=O)[C@@]1(NC(=O)OC(C)(C)C)C[C@@H]1c1ccccc1. The van der Waals surface area contributed by atoms with E-state index in [9.17, 15) is 9.59 Å². The Kier molecular flexibility index (Phi) is 4.08. The number of carbonyl (C=O) groups excluding carboxylic acids is 2. The van der Waals surface area contributed by atoms with Crippen molar-refractivity contribution in [1.82, 2.24) is 5.32 Å². The molecular weight excluding hydrogens is 266 g/mol. The Balaban J connectivity index is 2.15. The summed E-state index contributed by atoms with van der Waals surface area (Å²) in [6.07, 6.45) is 0.518. The predicted octanol–water partition coefficient (Wildman–Crippen LogP) is 3.42. The lowest BCUT2D eigenvalue weighted by Gasteiger charge is -2.23. The maximum Gasteiger partial charge on any atom is 0.408 e. The molecule has 1 aromatic carbocycles. The first-order valence-corrected chi connectivity index (χ1v) is 7.38. The van der Waals surface area contributed by atoms with Gasteiger partial charge in [0.2, 0.25) is 0 Å². The van der Waals surface area contributed by atoms with E-state index < -0.39 is 17.2 Å². The Morgan fingerprint density at radius 2 is 1.90 bits per heavy atom. The van der Waals surface area contributed by atoms with Crippen molar-refractivity contribution >= 4 is 11.9 Å². The largest absolute Gasteiger partial charge is 0.444 e. The van der Waals surface area contributed by atoms with Crippen molar-refractivity contribution in [3.8, 4) is 0 Å². The molecule has 0 aromatic heterocycles. The first-order valence-electron chi connectivity index (χ1n) is 7.38. The number of carbonyl (C=O) groups is 2. The van der Waals surface area contributed by atoms with Gasteiger partial charge in [0.25, 0.3) is 0 Å². The van der Waals surface area contributed by atoms with E-state index in [1.165, 1.54) is 0 Å². The Morgan fingerprint density at radius 1 is 1.29 bits per heavy atom. The van der Waals surface area contributed by atoms with Crippen LogP contribution in [0.25, 0.3) is 0 Å². The van der Waals surface area contributed by atoms with E-state index >= 15 is 0 Å². The second-order valence-corrected chi connectivity index (χ2v) is 6.54. The van der Waals surface area contributed by atoms with E-state index in [4.69, 9.17) is 4.74 Å². The number of amides is 1. The van der Waals surface area contributed by atoms with E-state index in [2.05, 4.69) is 5.32 Å². The molecule has 2 atom stereocenters. The zero-order valence-corrected chi connectivity index (χ0v) is 13.1. The Morgan fingerprint density at radius 3 is 2.43 bits per heavy atom. The highest BCUT2D eigenvalue weighted by Crippen LogP contribution is 2.52. The minimum atomic E-state index is -0.793. The van der Waals surface area contributed by atoms with Gasteiger partial charge in [-0.05, 0) is 32.8 Å². The minimum absolute atomic E-state index is 0.0404. The van der Waals surface area contributed by atoms with Crippen LogP contribution in [0.4, 0.5) is 4.79 Å². The van der Waals surface area contributed by atoms with Crippen molar-refractivity contribution < 1.29 is 14.3 Å². The van der Waals surface area contributed by atoms with Crippen LogP contribution in [0.15, 0.2) is 30.3 Å². The second-order valence-electron chi connectivity index (χ2n) is 6.54.